The fourth-order valence-corrected chi connectivity index (χ4v) is 4.24. The minimum Gasteiger partial charge on any atom is -0.326 e. The lowest BCUT2D eigenvalue weighted by Crippen LogP contribution is -2.44. The van der Waals surface area contributed by atoms with E-state index in [0.717, 1.165) is 12.1 Å². The molecule has 4 rings (SSSR count). The fraction of sp³-hybridized carbons (Fsp3) is 0.227. The minimum absolute atomic E-state index is 0.153. The van der Waals surface area contributed by atoms with Crippen LogP contribution in [0.5, 0.6) is 0 Å². The summed E-state index contributed by atoms with van der Waals surface area (Å²) in [5.41, 5.74) is 8.36. The predicted octanol–water partition coefficient (Wildman–Crippen LogP) is 4.61. The maximum Gasteiger partial charge on any atom is 0.265 e. The summed E-state index contributed by atoms with van der Waals surface area (Å²) in [4.78, 5) is 12.7. The number of aromatic nitrogens is 1. The van der Waals surface area contributed by atoms with Gasteiger partial charge >= 0.3 is 0 Å². The Morgan fingerprint density at radius 1 is 1.11 bits per heavy atom. The molecule has 0 radical (unpaired) electrons. The lowest BCUT2D eigenvalue weighted by molar-refractivity contribution is 0.331. The molecule has 2 atom stereocenters. The lowest BCUT2D eigenvalue weighted by Gasteiger charge is -2.33. The van der Waals surface area contributed by atoms with Gasteiger partial charge in [0.05, 0.1) is 10.5 Å². The number of benzene rings is 2. The normalized spacial score (nSPS) is 18.7. The van der Waals surface area contributed by atoms with Gasteiger partial charge in [0.15, 0.2) is 0 Å². The maximum atomic E-state index is 15.3. The molecule has 28 heavy (non-hydrogen) atoms. The number of nitrogens with zero attached hydrogens (tertiary/aromatic N) is 1. The highest BCUT2D eigenvalue weighted by Gasteiger charge is 2.29. The van der Waals surface area contributed by atoms with Crippen LogP contribution in [0.4, 0.5) is 8.78 Å². The number of hydrogen-bond acceptors (Lipinski definition) is 2. The van der Waals surface area contributed by atoms with Gasteiger partial charge in [-0.1, -0.05) is 30.3 Å². The Labute approximate surface area is 169 Å². The largest absolute Gasteiger partial charge is 0.326 e. The summed E-state index contributed by atoms with van der Waals surface area (Å²) in [6.45, 7) is 0. The van der Waals surface area contributed by atoms with E-state index in [1.807, 2.05) is 6.07 Å². The molecule has 0 fully saturated rings. The van der Waals surface area contributed by atoms with E-state index >= 15 is 4.39 Å². The molecular weight excluding hydrogens is 426 g/mol. The molecule has 1 aliphatic heterocycles. The van der Waals surface area contributed by atoms with Crippen molar-refractivity contribution in [3.63, 3.8) is 0 Å². The van der Waals surface area contributed by atoms with Gasteiger partial charge in [-0.3, -0.25) is 4.79 Å². The molecule has 2 aromatic carbocycles. The molecule has 0 aliphatic carbocycles. The highest BCUT2D eigenvalue weighted by Crippen LogP contribution is 2.31. The quantitative estimate of drug-likeness (QED) is 0.640. The highest BCUT2D eigenvalue weighted by atomic mass is 79.9. The smallest absolute Gasteiger partial charge is 0.265 e. The topological polar surface area (TPSA) is 48.0 Å². The molecule has 0 unspecified atom stereocenters. The Morgan fingerprint density at radius 2 is 1.89 bits per heavy atom. The zero-order valence-corrected chi connectivity index (χ0v) is 16.6. The van der Waals surface area contributed by atoms with Gasteiger partial charge in [0.25, 0.3) is 5.56 Å². The minimum atomic E-state index is -0.415. The van der Waals surface area contributed by atoms with Crippen LogP contribution in [0.1, 0.15) is 23.7 Å². The van der Waals surface area contributed by atoms with Gasteiger partial charge in [-0.2, -0.15) is 0 Å². The van der Waals surface area contributed by atoms with Crippen molar-refractivity contribution >= 4 is 15.9 Å². The van der Waals surface area contributed by atoms with E-state index in [1.165, 1.54) is 12.1 Å². The van der Waals surface area contributed by atoms with E-state index in [2.05, 4.69) is 15.9 Å². The van der Waals surface area contributed by atoms with Crippen molar-refractivity contribution in [1.29, 1.82) is 0 Å². The average Bonchev–Trinajstić information content (AvgIpc) is 2.68. The Bertz CT molecular complexity index is 1100. The van der Waals surface area contributed by atoms with Crippen LogP contribution in [-0.2, 0) is 12.8 Å². The van der Waals surface area contributed by atoms with Crippen LogP contribution in [-0.4, -0.2) is 10.6 Å². The Morgan fingerprint density at radius 3 is 2.68 bits per heavy atom. The van der Waals surface area contributed by atoms with Crippen molar-refractivity contribution in [1.82, 2.24) is 4.57 Å². The monoisotopic (exact) mass is 444 g/mol. The second-order valence-corrected chi connectivity index (χ2v) is 7.97. The third-order valence-electron chi connectivity index (χ3n) is 5.36. The average molecular weight is 445 g/mol. The molecule has 0 saturated carbocycles. The van der Waals surface area contributed by atoms with Crippen molar-refractivity contribution in [3.05, 3.63) is 92.3 Å². The van der Waals surface area contributed by atoms with E-state index < -0.39 is 11.6 Å². The molecule has 1 aromatic heterocycles. The number of pyridine rings is 1. The molecule has 1 aliphatic rings. The van der Waals surface area contributed by atoms with Crippen molar-refractivity contribution in [3.8, 4) is 11.1 Å². The summed E-state index contributed by atoms with van der Waals surface area (Å²) in [5.74, 6) is -0.822. The number of hydrogen-bond donors (Lipinski definition) is 1. The van der Waals surface area contributed by atoms with Gasteiger partial charge in [-0.15, -0.1) is 0 Å². The summed E-state index contributed by atoms with van der Waals surface area (Å²) >= 11 is 3.29. The first-order chi connectivity index (χ1) is 13.5. The van der Waals surface area contributed by atoms with Gasteiger partial charge in [0.1, 0.15) is 11.6 Å². The van der Waals surface area contributed by atoms with E-state index in [9.17, 15) is 9.18 Å². The van der Waals surface area contributed by atoms with Crippen molar-refractivity contribution in [2.45, 2.75) is 31.3 Å². The van der Waals surface area contributed by atoms with E-state index in [4.69, 9.17) is 5.73 Å². The summed E-state index contributed by atoms with van der Waals surface area (Å²) in [5, 5.41) is 0. The second kappa shape index (κ2) is 7.60. The predicted molar refractivity (Wildman–Crippen MR) is 109 cm³/mol. The van der Waals surface area contributed by atoms with Crippen LogP contribution in [0.25, 0.3) is 11.1 Å². The SMILES string of the molecule is N[C@H]1CCc2ccc(Br)c(=O)n2[C@H]1Cc1cccc(-c2cccc(F)c2)c1F. The molecular formula is C22H19BrF2N2O. The first-order valence-electron chi connectivity index (χ1n) is 9.14. The zero-order valence-electron chi connectivity index (χ0n) is 15.0. The molecule has 6 heteroatoms. The summed E-state index contributed by atoms with van der Waals surface area (Å²) in [7, 11) is 0. The third kappa shape index (κ3) is 3.42. The molecule has 0 saturated heterocycles. The second-order valence-electron chi connectivity index (χ2n) is 7.11. The lowest BCUT2D eigenvalue weighted by atomic mass is 9.90. The summed E-state index contributed by atoms with van der Waals surface area (Å²) in [6, 6.07) is 14.0. The number of halogens is 3. The standard InChI is InChI=1S/C22H19BrF2N2O/c23-18-9-7-16-8-10-19(26)20(27(16)22(18)28)12-14-4-2-6-17(21(14)25)13-3-1-5-15(24)11-13/h1-7,9,11,19-20H,8,10,12,26H2/t19-,20-/m0/s1. The van der Waals surface area contributed by atoms with Gasteiger partial charge < -0.3 is 10.3 Å². The summed E-state index contributed by atoms with van der Waals surface area (Å²) < 4.78 is 31.0. The molecule has 3 aromatic rings. The van der Waals surface area contributed by atoms with Crippen LogP contribution in [0.2, 0.25) is 0 Å². The van der Waals surface area contributed by atoms with Crippen molar-refractivity contribution < 1.29 is 8.78 Å². The number of nitrogens with two attached hydrogens (primary N) is 1. The highest BCUT2D eigenvalue weighted by molar-refractivity contribution is 9.10. The van der Waals surface area contributed by atoms with Crippen LogP contribution in [0, 0.1) is 11.6 Å². The van der Waals surface area contributed by atoms with E-state index in [1.54, 1.807) is 41.0 Å². The zero-order chi connectivity index (χ0) is 19.8. The molecule has 0 bridgehead atoms. The van der Waals surface area contributed by atoms with E-state index in [0.29, 0.717) is 34.0 Å². The fourth-order valence-electron chi connectivity index (χ4n) is 3.92. The molecule has 2 heterocycles. The Kier molecular flexibility index (Phi) is 5.17. The number of rotatable bonds is 3. The van der Waals surface area contributed by atoms with Crippen molar-refractivity contribution in [2.24, 2.45) is 5.73 Å². The van der Waals surface area contributed by atoms with E-state index in [-0.39, 0.29) is 17.6 Å². The first-order valence-corrected chi connectivity index (χ1v) is 9.94. The Hall–Kier alpha value is -2.31. The molecule has 0 amide bonds. The van der Waals surface area contributed by atoms with Crippen LogP contribution in [0.3, 0.4) is 0 Å². The molecule has 2 N–H and O–H groups in total. The van der Waals surface area contributed by atoms with Crippen molar-refractivity contribution in [2.75, 3.05) is 0 Å². The summed E-state index contributed by atoms with van der Waals surface area (Å²) in [6.07, 6.45) is 1.74. The first kappa shape index (κ1) is 19.0. The van der Waals surface area contributed by atoms with Crippen LogP contribution >= 0.6 is 15.9 Å². The van der Waals surface area contributed by atoms with Crippen LogP contribution in [0.15, 0.2) is 63.9 Å². The van der Waals surface area contributed by atoms with Gasteiger partial charge in [0.2, 0.25) is 0 Å². The Balaban J connectivity index is 1.76. The molecule has 0 spiro atoms. The number of fused-ring (bicyclic) bond motifs is 1. The maximum absolute atomic E-state index is 15.3. The third-order valence-corrected chi connectivity index (χ3v) is 5.96. The van der Waals surface area contributed by atoms with Gasteiger partial charge in [-0.25, -0.2) is 8.78 Å². The molecule has 3 nitrogen and oxygen atoms in total. The van der Waals surface area contributed by atoms with Gasteiger partial charge in [0, 0.05) is 17.3 Å². The number of aryl methyl sites for hydroxylation is 1. The van der Waals surface area contributed by atoms with Crippen LogP contribution < -0.4 is 11.3 Å². The van der Waals surface area contributed by atoms with Gasteiger partial charge in [-0.05, 0) is 70.6 Å². The molecule has 144 valence electrons.